The monoisotopic (exact) mass is 352 g/mol. The molecule has 25 heavy (non-hydrogen) atoms. The Kier molecular flexibility index (Phi) is 5.20. The molecule has 0 bridgehead atoms. The lowest BCUT2D eigenvalue weighted by Crippen LogP contribution is -2.16. The number of hydrogen-bond acceptors (Lipinski definition) is 5. The number of aromatic nitrogens is 1. The molecule has 0 saturated carbocycles. The molecule has 0 aliphatic carbocycles. The highest BCUT2D eigenvalue weighted by Gasteiger charge is 2.15. The molecule has 1 amide bonds. The molecule has 3 rings (SSSR count). The Morgan fingerprint density at radius 2 is 1.72 bits per heavy atom. The van der Waals surface area contributed by atoms with Crippen molar-refractivity contribution in [3.05, 3.63) is 70.7 Å². The molecule has 5 nitrogen and oxygen atoms in total. The number of carbonyl (C=O) groups is 2. The molecule has 2 heterocycles. The van der Waals surface area contributed by atoms with Crippen LogP contribution in [0.25, 0.3) is 11.1 Å². The fourth-order valence-electron chi connectivity index (χ4n) is 2.40. The smallest absolute Gasteiger partial charge is 0.350 e. The maximum atomic E-state index is 12.2. The van der Waals surface area contributed by atoms with Crippen LogP contribution >= 0.6 is 11.3 Å². The summed E-state index contributed by atoms with van der Waals surface area (Å²) in [5.41, 5.74) is 3.52. The van der Waals surface area contributed by atoms with Crippen molar-refractivity contribution in [2.24, 2.45) is 0 Å². The molecule has 0 aliphatic heterocycles. The number of nitrogens with zero attached hydrogens (tertiary/aromatic N) is 1. The van der Waals surface area contributed by atoms with E-state index in [4.69, 9.17) is 4.74 Å². The predicted octanol–water partition coefficient (Wildman–Crippen LogP) is 3.78. The van der Waals surface area contributed by atoms with Gasteiger partial charge in [-0.1, -0.05) is 24.3 Å². The van der Waals surface area contributed by atoms with Crippen molar-refractivity contribution in [3.8, 4) is 11.1 Å². The number of hydrogen-bond donors (Lipinski definition) is 1. The van der Waals surface area contributed by atoms with Crippen molar-refractivity contribution in [3.63, 3.8) is 0 Å². The van der Waals surface area contributed by atoms with Crippen molar-refractivity contribution in [2.75, 3.05) is 12.4 Å². The van der Waals surface area contributed by atoms with Crippen molar-refractivity contribution >= 4 is 28.9 Å². The Hall–Kier alpha value is -2.99. The van der Waals surface area contributed by atoms with Gasteiger partial charge in [0.2, 0.25) is 5.91 Å². The van der Waals surface area contributed by atoms with Crippen molar-refractivity contribution in [2.45, 2.75) is 6.42 Å². The lowest BCUT2D eigenvalue weighted by atomic mass is 10.0. The van der Waals surface area contributed by atoms with Gasteiger partial charge >= 0.3 is 5.97 Å². The minimum atomic E-state index is -0.452. The van der Waals surface area contributed by atoms with Crippen LogP contribution in [0.5, 0.6) is 0 Å². The maximum absolute atomic E-state index is 12.2. The number of pyridine rings is 1. The number of esters is 1. The van der Waals surface area contributed by atoms with Crippen molar-refractivity contribution < 1.29 is 14.3 Å². The summed E-state index contributed by atoms with van der Waals surface area (Å²) in [6, 6.07) is 13.4. The number of thiophene rings is 1. The molecule has 0 aliphatic rings. The van der Waals surface area contributed by atoms with E-state index >= 15 is 0 Å². The predicted molar refractivity (Wildman–Crippen MR) is 97.7 cm³/mol. The van der Waals surface area contributed by atoms with Crippen molar-refractivity contribution in [1.82, 2.24) is 4.98 Å². The fraction of sp³-hybridized carbons (Fsp3) is 0.105. The zero-order chi connectivity index (χ0) is 17.6. The molecule has 2 aromatic heterocycles. The van der Waals surface area contributed by atoms with E-state index in [1.165, 1.54) is 18.4 Å². The van der Waals surface area contributed by atoms with Gasteiger partial charge in [-0.3, -0.25) is 9.78 Å². The minimum Gasteiger partial charge on any atom is -0.465 e. The van der Waals surface area contributed by atoms with Gasteiger partial charge in [-0.05, 0) is 40.3 Å². The number of anilines is 1. The molecule has 0 saturated heterocycles. The topological polar surface area (TPSA) is 68.3 Å². The minimum absolute atomic E-state index is 0.180. The van der Waals surface area contributed by atoms with Gasteiger partial charge in [-0.25, -0.2) is 4.79 Å². The molecular formula is C19H16N2O3S. The van der Waals surface area contributed by atoms with Crippen LogP contribution in [0, 0.1) is 0 Å². The third-order valence-electron chi connectivity index (χ3n) is 3.64. The van der Waals surface area contributed by atoms with Crippen LogP contribution in [0.2, 0.25) is 0 Å². The van der Waals surface area contributed by atoms with Crippen LogP contribution in [0.4, 0.5) is 5.69 Å². The molecule has 6 heteroatoms. The molecule has 0 atom stereocenters. The Bertz CT molecular complexity index is 873. The Morgan fingerprint density at radius 1 is 1.04 bits per heavy atom. The molecule has 0 fully saturated rings. The van der Waals surface area contributed by atoms with Gasteiger partial charge < -0.3 is 10.1 Å². The standard InChI is InChI=1S/C19H16N2O3S/c1-24-19(23)18-16(8-11-25-18)21-17(22)12-13-2-4-14(5-3-13)15-6-9-20-10-7-15/h2-11H,12H2,1H3,(H,21,22). The van der Waals surface area contributed by atoms with E-state index in [9.17, 15) is 9.59 Å². The van der Waals surface area contributed by atoms with Gasteiger partial charge in [0.15, 0.2) is 0 Å². The normalized spacial score (nSPS) is 10.3. The first-order chi connectivity index (χ1) is 12.2. The van der Waals surface area contributed by atoms with Crippen LogP contribution in [0.15, 0.2) is 60.2 Å². The molecule has 0 spiro atoms. The SMILES string of the molecule is COC(=O)c1sccc1NC(=O)Cc1ccc(-c2ccncc2)cc1. The number of benzene rings is 1. The van der Waals surface area contributed by atoms with E-state index in [1.54, 1.807) is 23.8 Å². The van der Waals surface area contributed by atoms with Gasteiger partial charge in [0.05, 0.1) is 19.2 Å². The first-order valence-corrected chi connectivity index (χ1v) is 8.50. The summed E-state index contributed by atoms with van der Waals surface area (Å²) in [5, 5.41) is 4.50. The summed E-state index contributed by atoms with van der Waals surface area (Å²) in [4.78, 5) is 28.3. The second kappa shape index (κ2) is 7.72. The zero-order valence-corrected chi connectivity index (χ0v) is 14.4. The summed E-state index contributed by atoms with van der Waals surface area (Å²) >= 11 is 1.24. The highest BCUT2D eigenvalue weighted by molar-refractivity contribution is 7.12. The van der Waals surface area contributed by atoms with E-state index in [0.29, 0.717) is 10.6 Å². The molecule has 126 valence electrons. The molecular weight excluding hydrogens is 336 g/mol. The summed E-state index contributed by atoms with van der Waals surface area (Å²) in [5.74, 6) is -0.632. The van der Waals surface area contributed by atoms with E-state index < -0.39 is 5.97 Å². The molecule has 0 unspecified atom stereocenters. The highest BCUT2D eigenvalue weighted by atomic mass is 32.1. The van der Waals surface area contributed by atoms with Crippen LogP contribution < -0.4 is 5.32 Å². The number of ether oxygens (including phenoxy) is 1. The van der Waals surface area contributed by atoms with E-state index in [1.807, 2.05) is 36.4 Å². The summed E-state index contributed by atoms with van der Waals surface area (Å²) in [6.07, 6.45) is 3.72. The molecule has 1 N–H and O–H groups in total. The van der Waals surface area contributed by atoms with E-state index in [2.05, 4.69) is 10.3 Å². The number of rotatable bonds is 5. The van der Waals surface area contributed by atoms with Crippen LogP contribution in [0.3, 0.4) is 0 Å². The summed E-state index contributed by atoms with van der Waals surface area (Å²) in [7, 11) is 1.32. The molecule has 3 aromatic rings. The molecule has 1 aromatic carbocycles. The zero-order valence-electron chi connectivity index (χ0n) is 13.6. The summed E-state index contributed by atoms with van der Waals surface area (Å²) in [6.45, 7) is 0. The number of amides is 1. The lowest BCUT2D eigenvalue weighted by molar-refractivity contribution is -0.115. The van der Waals surface area contributed by atoms with Crippen LogP contribution in [-0.4, -0.2) is 24.0 Å². The largest absolute Gasteiger partial charge is 0.465 e. The van der Waals surface area contributed by atoms with Crippen molar-refractivity contribution in [1.29, 1.82) is 0 Å². The second-order valence-electron chi connectivity index (χ2n) is 5.31. The van der Waals surface area contributed by atoms with Gasteiger partial charge in [-0.15, -0.1) is 11.3 Å². The average molecular weight is 352 g/mol. The quantitative estimate of drug-likeness (QED) is 0.710. The van der Waals surface area contributed by atoms with E-state index in [-0.39, 0.29) is 12.3 Å². The molecule has 0 radical (unpaired) electrons. The summed E-state index contributed by atoms with van der Waals surface area (Å²) < 4.78 is 4.71. The maximum Gasteiger partial charge on any atom is 0.350 e. The lowest BCUT2D eigenvalue weighted by Gasteiger charge is -2.07. The Balaban J connectivity index is 1.66. The Morgan fingerprint density at radius 3 is 2.40 bits per heavy atom. The number of nitrogens with one attached hydrogen (secondary N) is 1. The van der Waals surface area contributed by atoms with Gasteiger partial charge in [0.1, 0.15) is 4.88 Å². The first-order valence-electron chi connectivity index (χ1n) is 7.62. The average Bonchev–Trinajstić information content (AvgIpc) is 3.10. The fourth-order valence-corrected chi connectivity index (χ4v) is 3.16. The van der Waals surface area contributed by atoms with Gasteiger partial charge in [-0.2, -0.15) is 0 Å². The number of methoxy groups -OCH3 is 1. The van der Waals surface area contributed by atoms with E-state index in [0.717, 1.165) is 16.7 Å². The van der Waals surface area contributed by atoms with Crippen LogP contribution in [0.1, 0.15) is 15.2 Å². The van der Waals surface area contributed by atoms with Crippen LogP contribution in [-0.2, 0) is 16.0 Å². The van der Waals surface area contributed by atoms with Gasteiger partial charge in [0.25, 0.3) is 0 Å². The second-order valence-corrected chi connectivity index (χ2v) is 6.23. The third kappa shape index (κ3) is 4.10. The third-order valence-corrected chi connectivity index (χ3v) is 4.54. The van der Waals surface area contributed by atoms with Gasteiger partial charge in [0, 0.05) is 12.4 Å². The number of carbonyl (C=O) groups excluding carboxylic acids is 2. The Labute approximate surface area is 149 Å². The highest BCUT2D eigenvalue weighted by Crippen LogP contribution is 2.23. The first kappa shape index (κ1) is 16.9.